The Morgan fingerprint density at radius 3 is 2.67 bits per heavy atom. The third-order valence-electron chi connectivity index (χ3n) is 3.91. The Morgan fingerprint density at radius 1 is 1.17 bits per heavy atom. The van der Waals surface area contributed by atoms with Gasteiger partial charge in [0.2, 0.25) is 5.91 Å². The minimum atomic E-state index is -0.247. The smallest absolute Gasteiger partial charge is 0.220 e. The fraction of sp³-hybridized carbons (Fsp3) is 0.278. The van der Waals surface area contributed by atoms with E-state index in [-0.39, 0.29) is 11.9 Å². The zero-order chi connectivity index (χ0) is 16.8. The summed E-state index contributed by atoms with van der Waals surface area (Å²) in [4.78, 5) is 16.8. The lowest BCUT2D eigenvalue weighted by molar-refractivity contribution is -0.121. The van der Waals surface area contributed by atoms with E-state index in [1.807, 2.05) is 65.1 Å². The van der Waals surface area contributed by atoms with Gasteiger partial charge in [0, 0.05) is 44.8 Å². The summed E-state index contributed by atoms with van der Waals surface area (Å²) in [6.45, 7) is 0.735. The summed E-state index contributed by atoms with van der Waals surface area (Å²) in [6, 6.07) is 11.5. The van der Waals surface area contributed by atoms with Gasteiger partial charge in [-0.2, -0.15) is 5.10 Å². The molecule has 0 saturated carbocycles. The molecule has 0 aliphatic heterocycles. The van der Waals surface area contributed by atoms with Crippen molar-refractivity contribution in [3.63, 3.8) is 0 Å². The highest BCUT2D eigenvalue weighted by atomic mass is 16.1. The van der Waals surface area contributed by atoms with Crippen molar-refractivity contribution in [2.75, 3.05) is 0 Å². The fourth-order valence-electron chi connectivity index (χ4n) is 2.67. The van der Waals surface area contributed by atoms with Gasteiger partial charge in [-0.3, -0.25) is 9.48 Å². The summed E-state index contributed by atoms with van der Waals surface area (Å²) in [7, 11) is 1.93. The van der Waals surface area contributed by atoms with Crippen LogP contribution in [0.25, 0.3) is 0 Å². The lowest BCUT2D eigenvalue weighted by atomic mass is 10.1. The highest BCUT2D eigenvalue weighted by molar-refractivity contribution is 5.76. The first-order valence-corrected chi connectivity index (χ1v) is 8.03. The zero-order valence-corrected chi connectivity index (χ0v) is 13.7. The van der Waals surface area contributed by atoms with Gasteiger partial charge in [-0.05, 0) is 18.1 Å². The molecule has 0 unspecified atom stereocenters. The molecular weight excluding hydrogens is 302 g/mol. The number of amides is 1. The molecule has 24 heavy (non-hydrogen) atoms. The maximum Gasteiger partial charge on any atom is 0.220 e. The van der Waals surface area contributed by atoms with Crippen molar-refractivity contribution in [1.29, 1.82) is 0 Å². The number of imidazole rings is 1. The Balaban J connectivity index is 1.65. The lowest BCUT2D eigenvalue weighted by Crippen LogP contribution is -2.31. The van der Waals surface area contributed by atoms with Gasteiger partial charge in [-0.15, -0.1) is 0 Å². The van der Waals surface area contributed by atoms with Crippen LogP contribution < -0.4 is 5.32 Å². The van der Waals surface area contributed by atoms with Crippen LogP contribution in [0.3, 0.4) is 0 Å². The van der Waals surface area contributed by atoms with E-state index in [1.165, 1.54) is 0 Å². The van der Waals surface area contributed by atoms with Crippen molar-refractivity contribution in [1.82, 2.24) is 24.6 Å². The first-order valence-electron chi connectivity index (χ1n) is 8.03. The average Bonchev–Trinajstić information content (AvgIpc) is 3.25. The number of aryl methyl sites for hydroxylation is 2. The van der Waals surface area contributed by atoms with E-state index in [2.05, 4.69) is 15.4 Å². The van der Waals surface area contributed by atoms with E-state index < -0.39 is 0 Å². The summed E-state index contributed by atoms with van der Waals surface area (Å²) in [5, 5.41) is 7.25. The van der Waals surface area contributed by atoms with E-state index in [4.69, 9.17) is 0 Å². The molecular formula is C18H21N5O. The van der Waals surface area contributed by atoms with Crippen LogP contribution in [0.4, 0.5) is 0 Å². The lowest BCUT2D eigenvalue weighted by Gasteiger charge is -2.19. The van der Waals surface area contributed by atoms with Crippen LogP contribution in [0.2, 0.25) is 0 Å². The van der Waals surface area contributed by atoms with Crippen molar-refractivity contribution in [2.24, 2.45) is 7.05 Å². The predicted octanol–water partition coefficient (Wildman–Crippen LogP) is 2.30. The first kappa shape index (κ1) is 16.0. The number of benzene rings is 1. The van der Waals surface area contributed by atoms with Gasteiger partial charge in [-0.1, -0.05) is 30.3 Å². The maximum absolute atomic E-state index is 12.4. The second kappa shape index (κ2) is 7.59. The Kier molecular flexibility index (Phi) is 5.05. The summed E-state index contributed by atoms with van der Waals surface area (Å²) in [6.07, 6.45) is 8.47. The molecule has 6 heteroatoms. The van der Waals surface area contributed by atoms with Crippen LogP contribution in [-0.4, -0.2) is 25.2 Å². The Morgan fingerprint density at radius 2 is 2.00 bits per heavy atom. The molecule has 3 aromatic rings. The van der Waals surface area contributed by atoms with Crippen LogP contribution in [-0.2, 0) is 18.4 Å². The molecule has 0 radical (unpaired) electrons. The van der Waals surface area contributed by atoms with Crippen LogP contribution in [0.1, 0.15) is 30.3 Å². The van der Waals surface area contributed by atoms with Gasteiger partial charge < -0.3 is 9.88 Å². The third kappa shape index (κ3) is 3.90. The van der Waals surface area contributed by atoms with Gasteiger partial charge in [0.15, 0.2) is 0 Å². The van der Waals surface area contributed by atoms with Gasteiger partial charge in [0.1, 0.15) is 11.9 Å². The topological polar surface area (TPSA) is 64.7 Å². The Bertz CT molecular complexity index is 764. The van der Waals surface area contributed by atoms with E-state index in [0.717, 1.165) is 24.4 Å². The molecule has 6 nitrogen and oxygen atoms in total. The van der Waals surface area contributed by atoms with Gasteiger partial charge in [0.05, 0.1) is 0 Å². The summed E-state index contributed by atoms with van der Waals surface area (Å²) in [5.74, 6) is 0.834. The number of carbonyl (C=O) groups excluding carboxylic acids is 1. The monoisotopic (exact) mass is 323 g/mol. The molecule has 0 aliphatic carbocycles. The van der Waals surface area contributed by atoms with Gasteiger partial charge in [-0.25, -0.2) is 4.98 Å². The fourth-order valence-corrected chi connectivity index (χ4v) is 2.67. The number of hydrogen-bond acceptors (Lipinski definition) is 3. The minimum absolute atomic E-state index is 0.0130. The zero-order valence-electron chi connectivity index (χ0n) is 13.7. The summed E-state index contributed by atoms with van der Waals surface area (Å²) < 4.78 is 3.77. The van der Waals surface area contributed by atoms with E-state index in [0.29, 0.717) is 6.42 Å². The summed E-state index contributed by atoms with van der Waals surface area (Å²) in [5.41, 5.74) is 1.02. The molecule has 0 saturated heterocycles. The first-order chi connectivity index (χ1) is 11.7. The van der Waals surface area contributed by atoms with Crippen LogP contribution in [0.5, 0.6) is 0 Å². The quantitative estimate of drug-likeness (QED) is 0.725. The molecule has 0 bridgehead atoms. The molecule has 0 spiro atoms. The SMILES string of the molecule is Cn1ccnc1[C@@H](NC(=O)CCCn1cccn1)c1ccccc1. The molecule has 1 aromatic carbocycles. The van der Waals surface area contributed by atoms with Crippen LogP contribution in [0.15, 0.2) is 61.2 Å². The predicted molar refractivity (Wildman–Crippen MR) is 91.1 cm³/mol. The Labute approximate surface area is 141 Å². The van der Waals surface area contributed by atoms with E-state index in [9.17, 15) is 4.79 Å². The van der Waals surface area contributed by atoms with Gasteiger partial charge >= 0.3 is 0 Å². The minimum Gasteiger partial charge on any atom is -0.342 e. The number of aromatic nitrogens is 4. The normalized spacial score (nSPS) is 12.0. The number of carbonyl (C=O) groups is 1. The van der Waals surface area contributed by atoms with E-state index >= 15 is 0 Å². The molecule has 0 aliphatic rings. The number of rotatable bonds is 7. The summed E-state index contributed by atoms with van der Waals surface area (Å²) >= 11 is 0. The molecule has 3 rings (SSSR count). The van der Waals surface area contributed by atoms with Crippen molar-refractivity contribution >= 4 is 5.91 Å². The highest BCUT2D eigenvalue weighted by Crippen LogP contribution is 2.20. The average molecular weight is 323 g/mol. The van der Waals surface area contributed by atoms with Crippen molar-refractivity contribution in [3.05, 3.63) is 72.6 Å². The molecule has 124 valence electrons. The Hall–Kier alpha value is -2.89. The van der Waals surface area contributed by atoms with E-state index in [1.54, 1.807) is 12.4 Å². The standard InChI is InChI=1S/C18H21N5O/c1-22-14-11-19-18(22)17(15-7-3-2-4-8-15)21-16(24)9-5-12-23-13-6-10-20-23/h2-4,6-8,10-11,13-14,17H,5,9,12H2,1H3,(H,21,24)/t17-/m0/s1. The van der Waals surface area contributed by atoms with Crippen molar-refractivity contribution in [3.8, 4) is 0 Å². The number of nitrogens with one attached hydrogen (secondary N) is 1. The van der Waals surface area contributed by atoms with Crippen molar-refractivity contribution in [2.45, 2.75) is 25.4 Å². The maximum atomic E-state index is 12.4. The molecule has 2 heterocycles. The van der Waals surface area contributed by atoms with Crippen molar-refractivity contribution < 1.29 is 4.79 Å². The number of nitrogens with zero attached hydrogens (tertiary/aromatic N) is 4. The van der Waals surface area contributed by atoms with Crippen LogP contribution >= 0.6 is 0 Å². The molecule has 1 N–H and O–H groups in total. The molecule has 0 fully saturated rings. The highest BCUT2D eigenvalue weighted by Gasteiger charge is 2.20. The largest absolute Gasteiger partial charge is 0.342 e. The molecule has 2 aromatic heterocycles. The second-order valence-electron chi connectivity index (χ2n) is 5.68. The molecule has 1 atom stereocenters. The third-order valence-corrected chi connectivity index (χ3v) is 3.91. The van der Waals surface area contributed by atoms with Gasteiger partial charge in [0.25, 0.3) is 0 Å². The number of hydrogen-bond donors (Lipinski definition) is 1. The molecule has 1 amide bonds. The second-order valence-corrected chi connectivity index (χ2v) is 5.68. The van der Waals surface area contributed by atoms with Crippen LogP contribution in [0, 0.1) is 0 Å².